The van der Waals surface area contributed by atoms with Crippen LogP contribution in [-0.4, -0.2) is 25.8 Å². The molecule has 20 heavy (non-hydrogen) atoms. The highest BCUT2D eigenvalue weighted by molar-refractivity contribution is 5.95. The van der Waals surface area contributed by atoms with E-state index in [1.165, 1.54) is 24.8 Å². The van der Waals surface area contributed by atoms with Gasteiger partial charge in [-0.15, -0.1) is 10.2 Å². The summed E-state index contributed by atoms with van der Waals surface area (Å²) in [6.45, 7) is 3.74. The summed E-state index contributed by atoms with van der Waals surface area (Å²) in [7, 11) is 0. The molecule has 1 atom stereocenters. The van der Waals surface area contributed by atoms with Gasteiger partial charge in [0.2, 0.25) is 5.91 Å². The molecule has 1 unspecified atom stereocenters. The summed E-state index contributed by atoms with van der Waals surface area (Å²) in [6.07, 6.45) is 2.88. The maximum Gasteiger partial charge on any atom is 0.247 e. The maximum absolute atomic E-state index is 13.2. The molecular weight excluding hydrogens is 263 g/mol. The van der Waals surface area contributed by atoms with E-state index < -0.39 is 17.6 Å². The number of amides is 1. The standard InChI is InChI=1S/C13H15FN4O2/c1-8(2)11(18-6-15-16-7-18)13(20)17-10-5-3-4-9(14)12(10)19/h3-8,11,19H,1-2H3,(H,17,20). The number of carbonyl (C=O) groups is 1. The number of rotatable bonds is 4. The minimum absolute atomic E-state index is 0.0262. The fraction of sp³-hybridized carbons (Fsp3) is 0.308. The molecule has 2 aromatic rings. The molecule has 0 radical (unpaired) electrons. The van der Waals surface area contributed by atoms with Gasteiger partial charge >= 0.3 is 0 Å². The van der Waals surface area contributed by atoms with Crippen molar-refractivity contribution in [3.8, 4) is 5.75 Å². The van der Waals surface area contributed by atoms with Crippen LogP contribution < -0.4 is 5.32 Å². The summed E-state index contributed by atoms with van der Waals surface area (Å²) in [5.74, 6) is -1.76. The van der Waals surface area contributed by atoms with Crippen LogP contribution in [0.25, 0.3) is 0 Å². The fourth-order valence-corrected chi connectivity index (χ4v) is 1.96. The molecule has 7 heteroatoms. The van der Waals surface area contributed by atoms with Crippen molar-refractivity contribution in [1.82, 2.24) is 14.8 Å². The lowest BCUT2D eigenvalue weighted by molar-refractivity contribution is -0.120. The highest BCUT2D eigenvalue weighted by atomic mass is 19.1. The van der Waals surface area contributed by atoms with Crippen LogP contribution in [-0.2, 0) is 4.79 Å². The van der Waals surface area contributed by atoms with E-state index in [0.717, 1.165) is 6.07 Å². The van der Waals surface area contributed by atoms with E-state index in [9.17, 15) is 14.3 Å². The van der Waals surface area contributed by atoms with Gasteiger partial charge in [-0.1, -0.05) is 19.9 Å². The largest absolute Gasteiger partial charge is 0.503 e. The van der Waals surface area contributed by atoms with Crippen LogP contribution in [0.5, 0.6) is 5.75 Å². The molecule has 0 aliphatic carbocycles. The molecule has 0 saturated heterocycles. The van der Waals surface area contributed by atoms with E-state index in [1.807, 2.05) is 13.8 Å². The Labute approximate surface area is 115 Å². The summed E-state index contributed by atoms with van der Waals surface area (Å²) in [5.41, 5.74) is 0.0359. The van der Waals surface area contributed by atoms with E-state index in [1.54, 1.807) is 4.57 Å². The highest BCUT2D eigenvalue weighted by Gasteiger charge is 2.25. The van der Waals surface area contributed by atoms with Crippen molar-refractivity contribution in [1.29, 1.82) is 0 Å². The molecule has 1 amide bonds. The molecular formula is C13H15FN4O2. The number of hydrogen-bond donors (Lipinski definition) is 2. The normalized spacial score (nSPS) is 12.4. The number of nitrogens with one attached hydrogen (secondary N) is 1. The lowest BCUT2D eigenvalue weighted by Crippen LogP contribution is -2.29. The van der Waals surface area contributed by atoms with Gasteiger partial charge in [0, 0.05) is 0 Å². The lowest BCUT2D eigenvalue weighted by atomic mass is 10.0. The summed E-state index contributed by atoms with van der Waals surface area (Å²) >= 11 is 0. The second kappa shape index (κ2) is 5.68. The number of benzene rings is 1. The Bertz CT molecular complexity index is 598. The van der Waals surface area contributed by atoms with E-state index in [4.69, 9.17) is 0 Å². The predicted octanol–water partition coefficient (Wildman–Crippen LogP) is 1.96. The second-order valence-electron chi connectivity index (χ2n) is 4.72. The van der Waals surface area contributed by atoms with Gasteiger partial charge in [-0.2, -0.15) is 0 Å². The number of halogens is 1. The van der Waals surface area contributed by atoms with Gasteiger partial charge in [0.1, 0.15) is 18.7 Å². The first-order valence-electron chi connectivity index (χ1n) is 6.13. The molecule has 1 aromatic heterocycles. The van der Waals surface area contributed by atoms with E-state index in [0.29, 0.717) is 0 Å². The first-order chi connectivity index (χ1) is 9.50. The van der Waals surface area contributed by atoms with Crippen molar-refractivity contribution >= 4 is 11.6 Å². The summed E-state index contributed by atoms with van der Waals surface area (Å²) < 4.78 is 14.8. The third kappa shape index (κ3) is 2.76. The van der Waals surface area contributed by atoms with Crippen molar-refractivity contribution in [2.75, 3.05) is 5.32 Å². The molecule has 0 bridgehead atoms. The minimum Gasteiger partial charge on any atom is -0.503 e. The molecule has 1 heterocycles. The molecule has 0 fully saturated rings. The van der Waals surface area contributed by atoms with Crippen molar-refractivity contribution in [2.45, 2.75) is 19.9 Å². The van der Waals surface area contributed by atoms with Crippen molar-refractivity contribution in [3.05, 3.63) is 36.7 Å². The third-order valence-corrected chi connectivity index (χ3v) is 2.90. The molecule has 0 saturated carbocycles. The van der Waals surface area contributed by atoms with Crippen LogP contribution in [0.1, 0.15) is 19.9 Å². The SMILES string of the molecule is CC(C)C(C(=O)Nc1cccc(F)c1O)n1cnnc1. The Morgan fingerprint density at radius 3 is 2.60 bits per heavy atom. The zero-order valence-electron chi connectivity index (χ0n) is 11.1. The number of nitrogens with zero attached hydrogens (tertiary/aromatic N) is 3. The smallest absolute Gasteiger partial charge is 0.247 e. The third-order valence-electron chi connectivity index (χ3n) is 2.90. The summed E-state index contributed by atoms with van der Waals surface area (Å²) in [5, 5.41) is 19.4. The Morgan fingerprint density at radius 2 is 2.00 bits per heavy atom. The Hall–Kier alpha value is -2.44. The number of aromatic hydroxyl groups is 1. The highest BCUT2D eigenvalue weighted by Crippen LogP contribution is 2.27. The predicted molar refractivity (Wildman–Crippen MR) is 70.6 cm³/mol. The van der Waals surface area contributed by atoms with Gasteiger partial charge in [-0.25, -0.2) is 4.39 Å². The molecule has 0 aliphatic heterocycles. The molecule has 2 rings (SSSR count). The number of phenolic OH excluding ortho intramolecular Hbond substituents is 1. The van der Waals surface area contributed by atoms with Crippen LogP contribution >= 0.6 is 0 Å². The number of aromatic nitrogens is 3. The van der Waals surface area contributed by atoms with Gasteiger partial charge in [0.05, 0.1) is 5.69 Å². The van der Waals surface area contributed by atoms with Crippen molar-refractivity contribution in [2.24, 2.45) is 5.92 Å². The molecule has 1 aromatic carbocycles. The Balaban J connectivity index is 2.24. The number of carbonyl (C=O) groups excluding carboxylic acids is 1. The summed E-state index contributed by atoms with van der Waals surface area (Å²) in [6, 6.07) is 3.41. The van der Waals surface area contributed by atoms with Crippen LogP contribution in [0.3, 0.4) is 0 Å². The molecule has 0 aliphatic rings. The van der Waals surface area contributed by atoms with Crippen LogP contribution in [0.15, 0.2) is 30.9 Å². The van der Waals surface area contributed by atoms with Gasteiger partial charge < -0.3 is 15.0 Å². The van der Waals surface area contributed by atoms with E-state index in [-0.39, 0.29) is 17.5 Å². The number of para-hydroxylation sites is 1. The van der Waals surface area contributed by atoms with E-state index in [2.05, 4.69) is 15.5 Å². The van der Waals surface area contributed by atoms with E-state index >= 15 is 0 Å². The Kier molecular flexibility index (Phi) is 3.97. The minimum atomic E-state index is -0.784. The average molecular weight is 278 g/mol. The van der Waals surface area contributed by atoms with Crippen LogP contribution in [0, 0.1) is 11.7 Å². The molecule has 106 valence electrons. The zero-order chi connectivity index (χ0) is 14.7. The Morgan fingerprint density at radius 1 is 1.35 bits per heavy atom. The molecule has 0 spiro atoms. The second-order valence-corrected chi connectivity index (χ2v) is 4.72. The van der Waals surface area contributed by atoms with Gasteiger partial charge in [0.15, 0.2) is 11.6 Å². The first-order valence-corrected chi connectivity index (χ1v) is 6.13. The summed E-state index contributed by atoms with van der Waals surface area (Å²) in [4.78, 5) is 12.3. The van der Waals surface area contributed by atoms with Crippen LogP contribution in [0.2, 0.25) is 0 Å². The lowest BCUT2D eigenvalue weighted by Gasteiger charge is -2.21. The monoisotopic (exact) mass is 278 g/mol. The number of hydrogen-bond acceptors (Lipinski definition) is 4. The average Bonchev–Trinajstić information content (AvgIpc) is 2.88. The maximum atomic E-state index is 13.2. The van der Waals surface area contributed by atoms with Crippen LogP contribution in [0.4, 0.5) is 10.1 Å². The van der Waals surface area contributed by atoms with Gasteiger partial charge in [-0.05, 0) is 18.1 Å². The quantitative estimate of drug-likeness (QED) is 0.838. The first kappa shape index (κ1) is 14.0. The zero-order valence-corrected chi connectivity index (χ0v) is 11.1. The topological polar surface area (TPSA) is 80.0 Å². The fourth-order valence-electron chi connectivity index (χ4n) is 1.96. The van der Waals surface area contributed by atoms with Crippen molar-refractivity contribution in [3.63, 3.8) is 0 Å². The molecule has 6 nitrogen and oxygen atoms in total. The van der Waals surface area contributed by atoms with Gasteiger partial charge in [-0.3, -0.25) is 4.79 Å². The molecule has 2 N–H and O–H groups in total. The number of anilines is 1. The number of phenols is 1. The van der Waals surface area contributed by atoms with Gasteiger partial charge in [0.25, 0.3) is 0 Å². The van der Waals surface area contributed by atoms with Crippen molar-refractivity contribution < 1.29 is 14.3 Å².